The molecule has 1 aliphatic rings. The van der Waals surface area contributed by atoms with Gasteiger partial charge in [-0.05, 0) is 48.9 Å². The maximum absolute atomic E-state index is 6.47. The summed E-state index contributed by atoms with van der Waals surface area (Å²) in [5, 5.41) is 0.112. The van der Waals surface area contributed by atoms with E-state index in [-0.39, 0.29) is 5.38 Å². The highest BCUT2D eigenvalue weighted by Crippen LogP contribution is 2.43. The summed E-state index contributed by atoms with van der Waals surface area (Å²) in [5.41, 5.74) is 3.73. The van der Waals surface area contributed by atoms with Crippen LogP contribution >= 0.6 is 27.5 Å². The lowest BCUT2D eigenvalue weighted by molar-refractivity contribution is 0.408. The van der Waals surface area contributed by atoms with Crippen molar-refractivity contribution in [1.29, 1.82) is 0 Å². The third-order valence-corrected chi connectivity index (χ3v) is 4.71. The van der Waals surface area contributed by atoms with E-state index in [0.29, 0.717) is 0 Å². The Labute approximate surface area is 110 Å². The predicted molar refractivity (Wildman–Crippen MR) is 71.6 cm³/mol. The number of hydrogen-bond donors (Lipinski definition) is 0. The lowest BCUT2D eigenvalue weighted by Crippen LogP contribution is -2.01. The molecule has 0 saturated heterocycles. The minimum absolute atomic E-state index is 0.112. The van der Waals surface area contributed by atoms with E-state index in [0.717, 1.165) is 23.1 Å². The monoisotopic (exact) mass is 302 g/mol. The Morgan fingerprint density at radius 3 is 2.88 bits per heavy atom. The second-order valence-corrected chi connectivity index (χ2v) is 5.64. The Hall–Kier alpha value is -0.210. The van der Waals surface area contributed by atoms with Crippen molar-refractivity contribution in [2.45, 2.75) is 38.0 Å². The molecule has 1 aromatic rings. The molecule has 0 saturated carbocycles. The van der Waals surface area contributed by atoms with Crippen LogP contribution < -0.4 is 4.74 Å². The Bertz CT molecular complexity index is 403. The van der Waals surface area contributed by atoms with Gasteiger partial charge in [-0.1, -0.05) is 22.4 Å². The molecule has 1 unspecified atom stereocenters. The predicted octanol–water partition coefficient (Wildman–Crippen LogP) is 4.77. The molecule has 0 N–H and O–H groups in total. The molecule has 1 aliphatic carbocycles. The van der Waals surface area contributed by atoms with E-state index in [1.807, 2.05) is 0 Å². The van der Waals surface area contributed by atoms with Gasteiger partial charge in [-0.15, -0.1) is 11.6 Å². The summed E-state index contributed by atoms with van der Waals surface area (Å²) in [5.74, 6) is 0.989. The molecule has 1 aromatic carbocycles. The molecule has 0 amide bonds. The number of methoxy groups -OCH3 is 1. The molecule has 1 atom stereocenters. The largest absolute Gasteiger partial charge is 0.496 e. The van der Waals surface area contributed by atoms with E-state index in [1.165, 1.54) is 29.5 Å². The van der Waals surface area contributed by atoms with E-state index < -0.39 is 0 Å². The van der Waals surface area contributed by atoms with Crippen LogP contribution in [0.1, 0.15) is 41.3 Å². The lowest BCUT2D eigenvalue weighted by atomic mass is 9.99. The molecule has 3 heteroatoms. The zero-order valence-electron chi connectivity index (χ0n) is 9.65. The number of alkyl halides is 1. The normalized spacial score (nSPS) is 20.1. The smallest absolute Gasteiger partial charge is 0.122 e. The fraction of sp³-hybridized carbons (Fsp3) is 0.538. The van der Waals surface area contributed by atoms with Gasteiger partial charge >= 0.3 is 0 Å². The van der Waals surface area contributed by atoms with Crippen molar-refractivity contribution < 1.29 is 4.74 Å². The highest BCUT2D eigenvalue weighted by atomic mass is 79.9. The molecular weight excluding hydrogens is 287 g/mol. The summed E-state index contributed by atoms with van der Waals surface area (Å²) in [7, 11) is 1.73. The quantitative estimate of drug-likeness (QED) is 0.536. The molecule has 0 aromatic heterocycles. The minimum Gasteiger partial charge on any atom is -0.496 e. The fourth-order valence-corrected chi connectivity index (χ4v) is 3.52. The van der Waals surface area contributed by atoms with Crippen LogP contribution in [0.15, 0.2) is 10.5 Å². The van der Waals surface area contributed by atoms with Gasteiger partial charge in [0.15, 0.2) is 0 Å². The third kappa shape index (κ3) is 2.10. The van der Waals surface area contributed by atoms with Gasteiger partial charge in [0.1, 0.15) is 5.75 Å². The number of aryl methyl sites for hydroxylation is 1. The zero-order chi connectivity index (χ0) is 11.7. The molecule has 0 radical (unpaired) electrons. The maximum atomic E-state index is 6.47. The Kier molecular flexibility index (Phi) is 3.81. The molecule has 0 fully saturated rings. The van der Waals surface area contributed by atoms with E-state index in [2.05, 4.69) is 28.9 Å². The van der Waals surface area contributed by atoms with E-state index in [9.17, 15) is 0 Å². The highest BCUT2D eigenvalue weighted by Gasteiger charge is 2.23. The van der Waals surface area contributed by atoms with Crippen molar-refractivity contribution in [2.24, 2.45) is 0 Å². The zero-order valence-corrected chi connectivity index (χ0v) is 12.0. The summed E-state index contributed by atoms with van der Waals surface area (Å²) in [4.78, 5) is 0. The molecule has 88 valence electrons. The summed E-state index contributed by atoms with van der Waals surface area (Å²) in [6.07, 6.45) is 4.51. The number of fused-ring (bicyclic) bond motifs is 1. The molecular formula is C13H16BrClO. The second kappa shape index (κ2) is 4.97. The van der Waals surface area contributed by atoms with Crippen molar-refractivity contribution in [3.8, 4) is 5.75 Å². The summed E-state index contributed by atoms with van der Waals surface area (Å²) in [6, 6.07) is 2.10. The second-order valence-electron chi connectivity index (χ2n) is 4.32. The Balaban J connectivity index is 2.63. The van der Waals surface area contributed by atoms with Gasteiger partial charge in [0.25, 0.3) is 0 Å². The highest BCUT2D eigenvalue weighted by molar-refractivity contribution is 9.10. The lowest BCUT2D eigenvalue weighted by Gasteiger charge is -2.18. The summed E-state index contributed by atoms with van der Waals surface area (Å²) < 4.78 is 6.63. The van der Waals surface area contributed by atoms with Gasteiger partial charge in [0, 0.05) is 4.47 Å². The molecule has 0 heterocycles. The number of halogens is 2. The number of benzene rings is 1. The fourth-order valence-electron chi connectivity index (χ4n) is 2.36. The van der Waals surface area contributed by atoms with Crippen LogP contribution in [-0.2, 0) is 6.42 Å². The first kappa shape index (κ1) is 12.3. The topological polar surface area (TPSA) is 9.23 Å². The molecule has 16 heavy (non-hydrogen) atoms. The van der Waals surface area contributed by atoms with Crippen LogP contribution in [0, 0.1) is 6.92 Å². The molecule has 1 nitrogen and oxygen atoms in total. The first-order valence-corrected chi connectivity index (χ1v) is 6.88. The van der Waals surface area contributed by atoms with E-state index >= 15 is 0 Å². The molecule has 0 bridgehead atoms. The van der Waals surface area contributed by atoms with Gasteiger partial charge in [-0.2, -0.15) is 0 Å². The third-order valence-electron chi connectivity index (χ3n) is 3.22. The van der Waals surface area contributed by atoms with Gasteiger partial charge in [0.05, 0.1) is 12.5 Å². The van der Waals surface area contributed by atoms with E-state index in [4.69, 9.17) is 16.3 Å². The van der Waals surface area contributed by atoms with Crippen LogP contribution in [0.5, 0.6) is 5.75 Å². The molecule has 2 rings (SSSR count). The number of ether oxygens (including phenoxy) is 1. The van der Waals surface area contributed by atoms with Gasteiger partial charge < -0.3 is 4.74 Å². The van der Waals surface area contributed by atoms with Crippen LogP contribution in [0.3, 0.4) is 0 Å². The average Bonchev–Trinajstić information content (AvgIpc) is 2.46. The van der Waals surface area contributed by atoms with E-state index in [1.54, 1.807) is 7.11 Å². The standard InChI is InChI=1S/C13H16BrClO/c1-8-7-11(16-2)9-5-3-4-6-10(15)12(9)13(8)14/h7,10H,3-6H2,1-2H3. The van der Waals surface area contributed by atoms with Crippen molar-refractivity contribution in [3.05, 3.63) is 27.2 Å². The average molecular weight is 304 g/mol. The van der Waals surface area contributed by atoms with Crippen LogP contribution in [0.2, 0.25) is 0 Å². The van der Waals surface area contributed by atoms with Gasteiger partial charge in [-0.25, -0.2) is 0 Å². The number of rotatable bonds is 1. The summed E-state index contributed by atoms with van der Waals surface area (Å²) >= 11 is 10.1. The van der Waals surface area contributed by atoms with Crippen LogP contribution in [0.25, 0.3) is 0 Å². The van der Waals surface area contributed by atoms with Crippen LogP contribution in [-0.4, -0.2) is 7.11 Å². The number of hydrogen-bond acceptors (Lipinski definition) is 1. The first-order chi connectivity index (χ1) is 7.65. The molecule has 0 aliphatic heterocycles. The Morgan fingerprint density at radius 2 is 2.19 bits per heavy atom. The maximum Gasteiger partial charge on any atom is 0.122 e. The summed E-state index contributed by atoms with van der Waals surface area (Å²) in [6.45, 7) is 2.08. The first-order valence-electron chi connectivity index (χ1n) is 5.65. The van der Waals surface area contributed by atoms with Crippen molar-refractivity contribution in [1.82, 2.24) is 0 Å². The van der Waals surface area contributed by atoms with Gasteiger partial charge in [0.2, 0.25) is 0 Å². The minimum atomic E-state index is 0.112. The van der Waals surface area contributed by atoms with Gasteiger partial charge in [-0.3, -0.25) is 0 Å². The SMILES string of the molecule is COc1cc(C)c(Br)c2c1CCCCC2Cl. The molecule has 0 spiro atoms. The van der Waals surface area contributed by atoms with Crippen LogP contribution in [0.4, 0.5) is 0 Å². The van der Waals surface area contributed by atoms with Crippen molar-refractivity contribution in [3.63, 3.8) is 0 Å². The van der Waals surface area contributed by atoms with Crippen molar-refractivity contribution >= 4 is 27.5 Å². The Morgan fingerprint density at radius 1 is 1.44 bits per heavy atom. The van der Waals surface area contributed by atoms with Crippen molar-refractivity contribution in [2.75, 3.05) is 7.11 Å².